The molecule has 0 spiro atoms. The topological polar surface area (TPSA) is 42.7 Å². The number of hydrogen-bond donors (Lipinski definition) is 1. The molecule has 0 aliphatic carbocycles. The molecule has 1 N–H and O–H groups in total. The lowest BCUT2D eigenvalue weighted by Gasteiger charge is -2.07. The van der Waals surface area contributed by atoms with Gasteiger partial charge in [0.05, 0.1) is 30.3 Å². The van der Waals surface area contributed by atoms with Gasteiger partial charge in [-0.15, -0.1) is 0 Å². The fourth-order valence-corrected chi connectivity index (χ4v) is 2.11. The summed E-state index contributed by atoms with van der Waals surface area (Å²) < 4.78 is 14.0. The summed E-state index contributed by atoms with van der Waals surface area (Å²) in [5.41, 5.74) is 1.93. The average molecular weight is 270 g/mol. The summed E-state index contributed by atoms with van der Waals surface area (Å²) in [6.45, 7) is 0.314. The maximum atomic E-state index is 12.0. The third-order valence-corrected chi connectivity index (χ3v) is 3.13. The Morgan fingerprint density at radius 2 is 2.10 bits per heavy atom. The molecular formula is C15H15FN4. The van der Waals surface area contributed by atoms with Crippen LogP contribution in [0.1, 0.15) is 6.42 Å². The zero-order valence-corrected chi connectivity index (χ0v) is 11.0. The number of aromatic nitrogens is 3. The Labute approximate surface area is 116 Å². The van der Waals surface area contributed by atoms with Gasteiger partial charge in [-0.2, -0.15) is 0 Å². The van der Waals surface area contributed by atoms with Crippen LogP contribution < -0.4 is 5.32 Å². The summed E-state index contributed by atoms with van der Waals surface area (Å²) >= 11 is 0. The minimum absolute atomic E-state index is 0.305. The molecule has 0 saturated heterocycles. The molecule has 0 aliphatic heterocycles. The van der Waals surface area contributed by atoms with E-state index in [9.17, 15) is 4.39 Å². The van der Waals surface area contributed by atoms with Crippen molar-refractivity contribution in [3.05, 3.63) is 49.1 Å². The van der Waals surface area contributed by atoms with Gasteiger partial charge in [0.1, 0.15) is 5.82 Å². The predicted octanol–water partition coefficient (Wildman–Crippen LogP) is 3.19. The predicted molar refractivity (Wildman–Crippen MR) is 77.9 cm³/mol. The highest BCUT2D eigenvalue weighted by atomic mass is 19.1. The Balaban J connectivity index is 1.84. The smallest absolute Gasteiger partial charge is 0.137 e. The lowest BCUT2D eigenvalue weighted by molar-refractivity contribution is 0.481. The number of halogens is 1. The lowest BCUT2D eigenvalue weighted by atomic mass is 10.3. The molecule has 0 fully saturated rings. The van der Waals surface area contributed by atoms with E-state index in [4.69, 9.17) is 0 Å². The van der Waals surface area contributed by atoms with Crippen LogP contribution in [0.25, 0.3) is 16.7 Å². The third-order valence-electron chi connectivity index (χ3n) is 3.13. The SMILES string of the molecule is FCCCNc1ccc(-n2ccc3ccncc32)nc1. The van der Waals surface area contributed by atoms with E-state index >= 15 is 0 Å². The van der Waals surface area contributed by atoms with Gasteiger partial charge in [-0.25, -0.2) is 4.98 Å². The molecular weight excluding hydrogens is 255 g/mol. The molecule has 0 aromatic carbocycles. The van der Waals surface area contributed by atoms with Gasteiger partial charge in [0.2, 0.25) is 0 Å². The summed E-state index contributed by atoms with van der Waals surface area (Å²) in [5.74, 6) is 0.837. The molecule has 5 heteroatoms. The van der Waals surface area contributed by atoms with Gasteiger partial charge in [0.15, 0.2) is 0 Å². The first kappa shape index (κ1) is 12.6. The molecule has 102 valence electrons. The van der Waals surface area contributed by atoms with Gasteiger partial charge in [-0.1, -0.05) is 0 Å². The molecule has 3 aromatic heterocycles. The largest absolute Gasteiger partial charge is 0.384 e. The Hall–Kier alpha value is -2.43. The second-order valence-electron chi connectivity index (χ2n) is 4.49. The van der Waals surface area contributed by atoms with Gasteiger partial charge >= 0.3 is 0 Å². The summed E-state index contributed by atoms with van der Waals surface area (Å²) in [5, 5.41) is 4.26. The Bertz CT molecular complexity index is 690. The maximum Gasteiger partial charge on any atom is 0.137 e. The number of anilines is 1. The number of rotatable bonds is 5. The third kappa shape index (κ3) is 2.47. The molecule has 3 rings (SSSR count). The zero-order chi connectivity index (χ0) is 13.8. The monoisotopic (exact) mass is 270 g/mol. The van der Waals surface area contributed by atoms with Crippen molar-refractivity contribution in [1.82, 2.24) is 14.5 Å². The molecule has 0 unspecified atom stereocenters. The summed E-state index contributed by atoms with van der Waals surface area (Å²) in [6, 6.07) is 7.89. The molecule has 0 bridgehead atoms. The lowest BCUT2D eigenvalue weighted by Crippen LogP contribution is -2.03. The number of fused-ring (bicyclic) bond motifs is 1. The van der Waals surface area contributed by atoms with E-state index in [2.05, 4.69) is 15.3 Å². The van der Waals surface area contributed by atoms with Crippen LogP contribution in [0.5, 0.6) is 0 Å². The van der Waals surface area contributed by atoms with Crippen molar-refractivity contribution in [2.24, 2.45) is 0 Å². The second kappa shape index (κ2) is 5.69. The first-order valence-corrected chi connectivity index (χ1v) is 6.56. The zero-order valence-electron chi connectivity index (χ0n) is 11.0. The van der Waals surface area contributed by atoms with E-state index in [0.29, 0.717) is 13.0 Å². The van der Waals surface area contributed by atoms with Crippen LogP contribution in [-0.2, 0) is 0 Å². The van der Waals surface area contributed by atoms with Crippen molar-refractivity contribution in [3.63, 3.8) is 0 Å². The molecule has 3 aromatic rings. The van der Waals surface area contributed by atoms with Crippen molar-refractivity contribution in [1.29, 1.82) is 0 Å². The van der Waals surface area contributed by atoms with E-state index in [1.807, 2.05) is 41.2 Å². The van der Waals surface area contributed by atoms with E-state index in [0.717, 1.165) is 22.4 Å². The van der Waals surface area contributed by atoms with Crippen LogP contribution in [-0.4, -0.2) is 27.8 Å². The van der Waals surface area contributed by atoms with Gasteiger partial charge in [0, 0.05) is 24.3 Å². The van der Waals surface area contributed by atoms with E-state index in [1.54, 1.807) is 12.4 Å². The number of nitrogens with one attached hydrogen (secondary N) is 1. The van der Waals surface area contributed by atoms with Gasteiger partial charge in [0.25, 0.3) is 0 Å². The van der Waals surface area contributed by atoms with Crippen LogP contribution in [0.2, 0.25) is 0 Å². The minimum Gasteiger partial charge on any atom is -0.384 e. The highest BCUT2D eigenvalue weighted by molar-refractivity contribution is 5.80. The number of pyridine rings is 2. The number of alkyl halides is 1. The molecule has 3 heterocycles. The van der Waals surface area contributed by atoms with Crippen molar-refractivity contribution in [2.45, 2.75) is 6.42 Å². The molecule has 0 atom stereocenters. The van der Waals surface area contributed by atoms with E-state index in [-0.39, 0.29) is 6.67 Å². The van der Waals surface area contributed by atoms with Crippen LogP contribution in [0.3, 0.4) is 0 Å². The number of nitrogens with zero attached hydrogens (tertiary/aromatic N) is 3. The van der Waals surface area contributed by atoms with Gasteiger partial charge in [-0.05, 0) is 30.7 Å². The Kier molecular flexibility index (Phi) is 3.58. The molecule has 0 amide bonds. The summed E-state index contributed by atoms with van der Waals surface area (Å²) in [7, 11) is 0. The summed E-state index contributed by atoms with van der Waals surface area (Å²) in [6.07, 6.45) is 7.85. The van der Waals surface area contributed by atoms with Crippen molar-refractivity contribution >= 4 is 16.6 Å². The standard InChI is InChI=1S/C15H15FN4/c16-6-1-7-18-13-2-3-15(19-10-13)20-9-5-12-4-8-17-11-14(12)20/h2-5,8-11,18H,1,6-7H2. The van der Waals surface area contributed by atoms with E-state index < -0.39 is 0 Å². The molecule has 0 saturated carbocycles. The van der Waals surface area contributed by atoms with Crippen molar-refractivity contribution in [3.8, 4) is 5.82 Å². The van der Waals surface area contributed by atoms with Crippen molar-refractivity contribution in [2.75, 3.05) is 18.5 Å². The fraction of sp³-hybridized carbons (Fsp3) is 0.200. The second-order valence-corrected chi connectivity index (χ2v) is 4.49. The van der Waals surface area contributed by atoms with Crippen LogP contribution in [0.4, 0.5) is 10.1 Å². The van der Waals surface area contributed by atoms with Gasteiger partial charge < -0.3 is 5.32 Å². The van der Waals surface area contributed by atoms with Crippen LogP contribution in [0, 0.1) is 0 Å². The van der Waals surface area contributed by atoms with Gasteiger partial charge in [-0.3, -0.25) is 13.9 Å². The first-order valence-electron chi connectivity index (χ1n) is 6.56. The first-order chi connectivity index (χ1) is 9.88. The van der Waals surface area contributed by atoms with Crippen LogP contribution in [0.15, 0.2) is 49.1 Å². The highest BCUT2D eigenvalue weighted by Gasteiger charge is 2.03. The van der Waals surface area contributed by atoms with Crippen molar-refractivity contribution < 1.29 is 4.39 Å². The molecule has 0 aliphatic rings. The Morgan fingerprint density at radius 3 is 2.90 bits per heavy atom. The summed E-state index contributed by atoms with van der Waals surface area (Å²) in [4.78, 5) is 8.57. The van der Waals surface area contributed by atoms with Crippen LogP contribution >= 0.6 is 0 Å². The molecule has 0 radical (unpaired) electrons. The minimum atomic E-state index is -0.305. The molecule has 4 nitrogen and oxygen atoms in total. The normalized spacial score (nSPS) is 10.8. The fourth-order valence-electron chi connectivity index (χ4n) is 2.11. The maximum absolute atomic E-state index is 12.0. The molecule has 20 heavy (non-hydrogen) atoms. The number of hydrogen-bond acceptors (Lipinski definition) is 3. The highest BCUT2D eigenvalue weighted by Crippen LogP contribution is 2.18. The van der Waals surface area contributed by atoms with E-state index in [1.165, 1.54) is 0 Å². The Morgan fingerprint density at radius 1 is 1.15 bits per heavy atom. The average Bonchev–Trinajstić information content (AvgIpc) is 2.92. The quantitative estimate of drug-likeness (QED) is 0.724.